The van der Waals surface area contributed by atoms with Gasteiger partial charge >= 0.3 is 0 Å². The van der Waals surface area contributed by atoms with Gasteiger partial charge in [0.25, 0.3) is 5.91 Å². The van der Waals surface area contributed by atoms with Gasteiger partial charge < -0.3 is 4.57 Å². The standard InChI is InChI=1S/C19H20BrClN4O3S/c1-3-4-9-29(27,28)24-19(26)17-8-7-16-18(23-17)25(12(2)22-16)11-13-5-6-14(20)10-15(13)21/h5-8,10H,3-4,9,11H2,1-2H3,(H,24,26). The minimum atomic E-state index is -3.69. The Hall–Kier alpha value is -1.97. The van der Waals surface area contributed by atoms with Gasteiger partial charge in [-0.25, -0.2) is 23.1 Å². The minimum absolute atomic E-state index is 0.0145. The number of aromatic nitrogens is 3. The molecule has 0 aliphatic rings. The van der Waals surface area contributed by atoms with Crippen molar-refractivity contribution in [2.75, 3.05) is 5.75 Å². The van der Waals surface area contributed by atoms with Crippen molar-refractivity contribution in [3.8, 4) is 0 Å². The third kappa shape index (κ3) is 5.15. The molecule has 0 radical (unpaired) electrons. The molecule has 0 fully saturated rings. The second-order valence-corrected chi connectivity index (χ2v) is 9.79. The molecule has 29 heavy (non-hydrogen) atoms. The van der Waals surface area contributed by atoms with E-state index >= 15 is 0 Å². The molecule has 0 unspecified atom stereocenters. The van der Waals surface area contributed by atoms with E-state index in [1.165, 1.54) is 6.07 Å². The highest BCUT2D eigenvalue weighted by Gasteiger charge is 2.19. The molecular formula is C19H20BrClN4O3S. The van der Waals surface area contributed by atoms with Gasteiger partial charge in [0.15, 0.2) is 5.65 Å². The van der Waals surface area contributed by atoms with Gasteiger partial charge in [0, 0.05) is 9.50 Å². The Morgan fingerprint density at radius 2 is 2.00 bits per heavy atom. The van der Waals surface area contributed by atoms with Crippen molar-refractivity contribution in [1.82, 2.24) is 19.3 Å². The molecule has 0 saturated carbocycles. The van der Waals surface area contributed by atoms with Crippen LogP contribution in [0.3, 0.4) is 0 Å². The molecule has 3 aromatic rings. The van der Waals surface area contributed by atoms with E-state index in [0.29, 0.717) is 35.0 Å². The molecule has 7 nitrogen and oxygen atoms in total. The van der Waals surface area contributed by atoms with Gasteiger partial charge in [-0.2, -0.15) is 0 Å². The first-order valence-electron chi connectivity index (χ1n) is 9.03. The number of aryl methyl sites for hydroxylation is 1. The van der Waals surface area contributed by atoms with Crippen molar-refractivity contribution in [3.63, 3.8) is 0 Å². The van der Waals surface area contributed by atoms with Crippen molar-refractivity contribution < 1.29 is 13.2 Å². The predicted molar refractivity (Wildman–Crippen MR) is 117 cm³/mol. The van der Waals surface area contributed by atoms with Crippen molar-refractivity contribution in [2.45, 2.75) is 33.2 Å². The van der Waals surface area contributed by atoms with E-state index in [0.717, 1.165) is 16.5 Å². The average molecular weight is 500 g/mol. The molecule has 0 aliphatic carbocycles. The predicted octanol–water partition coefficient (Wildman–Crippen LogP) is 4.06. The van der Waals surface area contributed by atoms with Crippen LogP contribution in [0.4, 0.5) is 0 Å². The third-order valence-electron chi connectivity index (χ3n) is 4.37. The van der Waals surface area contributed by atoms with Crippen LogP contribution in [0.5, 0.6) is 0 Å². The number of unbranched alkanes of at least 4 members (excludes halogenated alkanes) is 1. The molecule has 0 aliphatic heterocycles. The summed E-state index contributed by atoms with van der Waals surface area (Å²) in [5, 5.41) is 0.594. The molecule has 2 aromatic heterocycles. The van der Waals surface area contributed by atoms with Crippen LogP contribution in [0.25, 0.3) is 11.2 Å². The van der Waals surface area contributed by atoms with Gasteiger partial charge in [0.2, 0.25) is 10.0 Å². The Kier molecular flexibility index (Phi) is 6.60. The Morgan fingerprint density at radius 3 is 2.69 bits per heavy atom. The second kappa shape index (κ2) is 8.81. The summed E-state index contributed by atoms with van der Waals surface area (Å²) in [7, 11) is -3.69. The number of nitrogens with zero attached hydrogens (tertiary/aromatic N) is 3. The Balaban J connectivity index is 1.93. The lowest BCUT2D eigenvalue weighted by atomic mass is 10.2. The molecule has 10 heteroatoms. The van der Waals surface area contributed by atoms with Crippen molar-refractivity contribution in [2.24, 2.45) is 0 Å². The fourth-order valence-electron chi connectivity index (χ4n) is 2.83. The molecule has 154 valence electrons. The average Bonchev–Trinajstić information content (AvgIpc) is 2.96. The van der Waals surface area contributed by atoms with E-state index < -0.39 is 15.9 Å². The number of nitrogens with one attached hydrogen (secondary N) is 1. The van der Waals surface area contributed by atoms with Crippen LogP contribution in [0, 0.1) is 6.92 Å². The zero-order valence-corrected chi connectivity index (χ0v) is 19.1. The monoisotopic (exact) mass is 498 g/mol. The Bertz CT molecular complexity index is 1180. The van der Waals surface area contributed by atoms with E-state index in [2.05, 4.69) is 30.6 Å². The van der Waals surface area contributed by atoms with Crippen LogP contribution in [0.2, 0.25) is 5.02 Å². The largest absolute Gasteiger partial charge is 0.308 e. The number of fused-ring (bicyclic) bond motifs is 1. The van der Waals surface area contributed by atoms with E-state index in [1.807, 2.05) is 30.5 Å². The summed E-state index contributed by atoms with van der Waals surface area (Å²) in [5.74, 6) is -0.147. The number of pyridine rings is 1. The second-order valence-electron chi connectivity index (χ2n) is 6.62. The molecule has 1 amide bonds. The maximum absolute atomic E-state index is 12.4. The number of amides is 1. The Morgan fingerprint density at radius 1 is 1.24 bits per heavy atom. The zero-order chi connectivity index (χ0) is 21.2. The first kappa shape index (κ1) is 21.7. The zero-order valence-electron chi connectivity index (χ0n) is 15.9. The minimum Gasteiger partial charge on any atom is -0.308 e. The van der Waals surface area contributed by atoms with Gasteiger partial charge in [-0.3, -0.25) is 4.79 Å². The molecule has 1 aromatic carbocycles. The molecule has 0 atom stereocenters. The third-order valence-corrected chi connectivity index (χ3v) is 6.54. The number of rotatable bonds is 7. The fourth-order valence-corrected chi connectivity index (χ4v) is 4.72. The lowest BCUT2D eigenvalue weighted by Crippen LogP contribution is -2.33. The first-order valence-corrected chi connectivity index (χ1v) is 11.8. The highest BCUT2D eigenvalue weighted by atomic mass is 79.9. The number of sulfonamides is 1. The van der Waals surface area contributed by atoms with Gasteiger partial charge in [0.1, 0.15) is 17.0 Å². The van der Waals surface area contributed by atoms with Gasteiger partial charge in [-0.05, 0) is 43.2 Å². The summed E-state index contributed by atoms with van der Waals surface area (Å²) >= 11 is 9.71. The quantitative estimate of drug-likeness (QED) is 0.529. The molecule has 0 saturated heterocycles. The first-order chi connectivity index (χ1) is 13.7. The number of carbonyl (C=O) groups is 1. The summed E-state index contributed by atoms with van der Waals surface area (Å²) in [4.78, 5) is 21.3. The molecular weight excluding hydrogens is 480 g/mol. The molecule has 0 bridgehead atoms. The highest BCUT2D eigenvalue weighted by Crippen LogP contribution is 2.24. The number of carbonyl (C=O) groups excluding carboxylic acids is 1. The smallest absolute Gasteiger partial charge is 0.283 e. The van der Waals surface area contributed by atoms with E-state index in [1.54, 1.807) is 12.1 Å². The maximum Gasteiger partial charge on any atom is 0.283 e. The maximum atomic E-state index is 12.4. The summed E-state index contributed by atoms with van der Waals surface area (Å²) < 4.78 is 28.8. The van der Waals surface area contributed by atoms with Gasteiger partial charge in [0.05, 0.1) is 12.3 Å². The molecule has 2 heterocycles. The van der Waals surface area contributed by atoms with E-state index in [9.17, 15) is 13.2 Å². The van der Waals surface area contributed by atoms with Crippen LogP contribution < -0.4 is 4.72 Å². The van der Waals surface area contributed by atoms with Crippen molar-refractivity contribution in [3.05, 3.63) is 56.9 Å². The van der Waals surface area contributed by atoms with Crippen molar-refractivity contribution in [1.29, 1.82) is 0 Å². The molecule has 1 N–H and O–H groups in total. The van der Waals surface area contributed by atoms with Crippen LogP contribution in [0.15, 0.2) is 34.8 Å². The summed E-state index contributed by atoms with van der Waals surface area (Å²) in [5.41, 5.74) is 1.98. The fraction of sp³-hybridized carbons (Fsp3) is 0.316. The SMILES string of the molecule is CCCCS(=O)(=O)NC(=O)c1ccc2nc(C)n(Cc3ccc(Br)cc3Cl)c2n1. The molecule has 0 spiro atoms. The Labute approximate surface area is 182 Å². The topological polar surface area (TPSA) is 94.0 Å². The van der Waals surface area contributed by atoms with Gasteiger partial charge in [-0.1, -0.05) is 46.9 Å². The number of imidazole rings is 1. The van der Waals surface area contributed by atoms with E-state index in [4.69, 9.17) is 11.6 Å². The summed E-state index contributed by atoms with van der Waals surface area (Å²) in [6.45, 7) is 4.14. The summed E-state index contributed by atoms with van der Waals surface area (Å²) in [6.07, 6.45) is 1.20. The number of benzene rings is 1. The van der Waals surface area contributed by atoms with Crippen LogP contribution >= 0.6 is 27.5 Å². The van der Waals surface area contributed by atoms with Crippen molar-refractivity contribution >= 4 is 54.6 Å². The normalized spacial score (nSPS) is 11.7. The van der Waals surface area contributed by atoms with E-state index in [-0.39, 0.29) is 11.4 Å². The van der Waals surface area contributed by atoms with Crippen LogP contribution in [-0.2, 0) is 16.6 Å². The number of hydrogen-bond donors (Lipinski definition) is 1. The van der Waals surface area contributed by atoms with Gasteiger partial charge in [-0.15, -0.1) is 0 Å². The van der Waals surface area contributed by atoms with Crippen LogP contribution in [-0.4, -0.2) is 34.6 Å². The molecule has 3 rings (SSSR count). The number of halogens is 2. The lowest BCUT2D eigenvalue weighted by Gasteiger charge is -2.10. The highest BCUT2D eigenvalue weighted by molar-refractivity contribution is 9.10. The van der Waals surface area contributed by atoms with Crippen LogP contribution in [0.1, 0.15) is 41.6 Å². The number of hydrogen-bond acceptors (Lipinski definition) is 5. The summed E-state index contributed by atoms with van der Waals surface area (Å²) in [6, 6.07) is 8.72. The lowest BCUT2D eigenvalue weighted by molar-refractivity contribution is 0.0977.